The highest BCUT2D eigenvalue weighted by Gasteiger charge is 2.13. The first-order chi connectivity index (χ1) is 6.56. The van der Waals surface area contributed by atoms with Crippen LogP contribution in [0.25, 0.3) is 0 Å². The Morgan fingerprint density at radius 3 is 2.64 bits per heavy atom. The summed E-state index contributed by atoms with van der Waals surface area (Å²) in [4.78, 5) is 0. The highest BCUT2D eigenvalue weighted by molar-refractivity contribution is 14.1. The SMILES string of the molecule is C=C(C)C(NC)c1ccc(F)cc1I. The average Bonchev–Trinajstić information content (AvgIpc) is 2.09. The normalized spacial score (nSPS) is 12.6. The highest BCUT2D eigenvalue weighted by atomic mass is 127. The quantitative estimate of drug-likeness (QED) is 0.667. The number of benzene rings is 1. The Morgan fingerprint density at radius 1 is 1.57 bits per heavy atom. The Morgan fingerprint density at radius 2 is 2.21 bits per heavy atom. The van der Waals surface area contributed by atoms with Crippen LogP contribution < -0.4 is 5.32 Å². The molecule has 1 rings (SSSR count). The van der Waals surface area contributed by atoms with Gasteiger partial charge in [0.05, 0.1) is 6.04 Å². The summed E-state index contributed by atoms with van der Waals surface area (Å²) < 4.78 is 13.8. The molecule has 14 heavy (non-hydrogen) atoms. The lowest BCUT2D eigenvalue weighted by molar-refractivity contribution is 0.620. The third-order valence-corrected chi connectivity index (χ3v) is 2.99. The second-order valence-electron chi connectivity index (χ2n) is 3.23. The van der Waals surface area contributed by atoms with Crippen molar-refractivity contribution in [1.82, 2.24) is 5.32 Å². The highest BCUT2D eigenvalue weighted by Crippen LogP contribution is 2.25. The molecule has 0 fully saturated rings. The fourth-order valence-corrected chi connectivity index (χ4v) is 2.19. The van der Waals surface area contributed by atoms with Gasteiger partial charge in [0.2, 0.25) is 0 Å². The van der Waals surface area contributed by atoms with Crippen LogP contribution in [0, 0.1) is 9.39 Å². The molecule has 0 aliphatic heterocycles. The molecule has 0 saturated heterocycles. The second kappa shape index (κ2) is 4.89. The summed E-state index contributed by atoms with van der Waals surface area (Å²) in [5.41, 5.74) is 2.10. The average molecular weight is 305 g/mol. The van der Waals surface area contributed by atoms with Crippen molar-refractivity contribution >= 4 is 22.6 Å². The van der Waals surface area contributed by atoms with Crippen LogP contribution in [-0.4, -0.2) is 7.05 Å². The van der Waals surface area contributed by atoms with E-state index < -0.39 is 0 Å². The van der Waals surface area contributed by atoms with E-state index in [1.54, 1.807) is 6.07 Å². The van der Waals surface area contributed by atoms with E-state index in [1.165, 1.54) is 12.1 Å². The fourth-order valence-electron chi connectivity index (χ4n) is 1.40. The lowest BCUT2D eigenvalue weighted by Gasteiger charge is -2.18. The van der Waals surface area contributed by atoms with Crippen LogP contribution in [0.4, 0.5) is 4.39 Å². The number of hydrogen-bond donors (Lipinski definition) is 1. The van der Waals surface area contributed by atoms with Gasteiger partial charge in [-0.25, -0.2) is 4.39 Å². The van der Waals surface area contributed by atoms with Gasteiger partial charge in [0.1, 0.15) is 5.82 Å². The second-order valence-corrected chi connectivity index (χ2v) is 4.40. The van der Waals surface area contributed by atoms with E-state index >= 15 is 0 Å². The summed E-state index contributed by atoms with van der Waals surface area (Å²) in [6, 6.07) is 4.91. The molecule has 1 nitrogen and oxygen atoms in total. The van der Waals surface area contributed by atoms with Gasteiger partial charge in [0, 0.05) is 3.57 Å². The first-order valence-electron chi connectivity index (χ1n) is 4.34. The smallest absolute Gasteiger partial charge is 0.124 e. The Labute approximate surface area is 97.5 Å². The molecule has 0 amide bonds. The van der Waals surface area contributed by atoms with Crippen molar-refractivity contribution in [3.8, 4) is 0 Å². The molecular formula is C11H13FIN. The summed E-state index contributed by atoms with van der Waals surface area (Å²) in [5, 5.41) is 3.15. The Hall–Kier alpha value is -0.420. The van der Waals surface area contributed by atoms with Crippen LogP contribution in [0.1, 0.15) is 18.5 Å². The molecule has 1 aromatic carbocycles. The zero-order valence-corrected chi connectivity index (χ0v) is 10.4. The molecule has 0 spiro atoms. The van der Waals surface area contributed by atoms with Crippen LogP contribution in [0.2, 0.25) is 0 Å². The maximum absolute atomic E-state index is 12.9. The Balaban J connectivity index is 3.10. The van der Waals surface area contributed by atoms with E-state index in [2.05, 4.69) is 34.5 Å². The van der Waals surface area contributed by atoms with Gasteiger partial charge in [-0.2, -0.15) is 0 Å². The molecule has 1 atom stereocenters. The van der Waals surface area contributed by atoms with E-state index in [-0.39, 0.29) is 11.9 Å². The van der Waals surface area contributed by atoms with Crippen molar-refractivity contribution in [1.29, 1.82) is 0 Å². The summed E-state index contributed by atoms with van der Waals surface area (Å²) in [7, 11) is 1.87. The van der Waals surface area contributed by atoms with Crippen LogP contribution in [0.5, 0.6) is 0 Å². The number of likely N-dealkylation sites (N-methyl/N-ethyl adjacent to an activating group) is 1. The topological polar surface area (TPSA) is 12.0 Å². The van der Waals surface area contributed by atoms with E-state index in [0.717, 1.165) is 14.7 Å². The molecule has 0 bridgehead atoms. The van der Waals surface area contributed by atoms with Crippen molar-refractivity contribution in [3.05, 3.63) is 45.3 Å². The van der Waals surface area contributed by atoms with Gasteiger partial charge in [0.15, 0.2) is 0 Å². The number of rotatable bonds is 3. The lowest BCUT2D eigenvalue weighted by Crippen LogP contribution is -2.18. The van der Waals surface area contributed by atoms with Gasteiger partial charge in [0.25, 0.3) is 0 Å². The van der Waals surface area contributed by atoms with Gasteiger partial charge in [-0.1, -0.05) is 18.2 Å². The molecule has 0 aliphatic rings. The predicted molar refractivity (Wildman–Crippen MR) is 65.7 cm³/mol. The molecule has 0 aliphatic carbocycles. The van der Waals surface area contributed by atoms with E-state index in [9.17, 15) is 4.39 Å². The summed E-state index contributed by atoms with van der Waals surface area (Å²) >= 11 is 2.14. The standard InChI is InChI=1S/C11H13FIN/c1-7(2)11(14-3)9-5-4-8(12)6-10(9)13/h4-6,11,14H,1H2,2-3H3. The van der Waals surface area contributed by atoms with Crippen LogP contribution in [0.3, 0.4) is 0 Å². The zero-order valence-electron chi connectivity index (χ0n) is 8.27. The molecule has 0 heterocycles. The molecule has 1 aromatic rings. The van der Waals surface area contributed by atoms with Crippen molar-refractivity contribution in [2.45, 2.75) is 13.0 Å². The number of hydrogen-bond acceptors (Lipinski definition) is 1. The van der Waals surface area contributed by atoms with Gasteiger partial charge in [-0.15, -0.1) is 0 Å². The van der Waals surface area contributed by atoms with Gasteiger partial charge in [-0.05, 0) is 54.3 Å². The third-order valence-electron chi connectivity index (χ3n) is 2.05. The van der Waals surface area contributed by atoms with Gasteiger partial charge >= 0.3 is 0 Å². The molecule has 1 unspecified atom stereocenters. The Bertz CT molecular complexity index is 349. The summed E-state index contributed by atoms with van der Waals surface area (Å²) in [5.74, 6) is -0.199. The van der Waals surface area contributed by atoms with Crippen LogP contribution in [-0.2, 0) is 0 Å². The van der Waals surface area contributed by atoms with Crippen molar-refractivity contribution in [2.75, 3.05) is 7.05 Å². The summed E-state index contributed by atoms with van der Waals surface area (Å²) in [6.45, 7) is 5.87. The van der Waals surface area contributed by atoms with Gasteiger partial charge < -0.3 is 5.32 Å². The van der Waals surface area contributed by atoms with Crippen molar-refractivity contribution in [2.24, 2.45) is 0 Å². The molecule has 76 valence electrons. The maximum atomic E-state index is 12.9. The first-order valence-corrected chi connectivity index (χ1v) is 5.41. The number of halogens is 2. The van der Waals surface area contributed by atoms with Gasteiger partial charge in [-0.3, -0.25) is 0 Å². The first kappa shape index (κ1) is 11.7. The molecule has 0 saturated carbocycles. The van der Waals surface area contributed by atoms with Crippen molar-refractivity contribution < 1.29 is 4.39 Å². The molecule has 3 heteroatoms. The third kappa shape index (κ3) is 2.54. The Kier molecular flexibility index (Phi) is 4.07. The maximum Gasteiger partial charge on any atom is 0.124 e. The van der Waals surface area contributed by atoms with E-state index in [1.807, 2.05) is 14.0 Å². The minimum Gasteiger partial charge on any atom is -0.310 e. The molecule has 1 N–H and O–H groups in total. The zero-order chi connectivity index (χ0) is 10.7. The van der Waals surface area contributed by atoms with Crippen molar-refractivity contribution in [3.63, 3.8) is 0 Å². The van der Waals surface area contributed by atoms with E-state index in [0.29, 0.717) is 0 Å². The minimum atomic E-state index is -0.199. The minimum absolute atomic E-state index is 0.0995. The monoisotopic (exact) mass is 305 g/mol. The largest absolute Gasteiger partial charge is 0.310 e. The van der Waals surface area contributed by atoms with E-state index in [4.69, 9.17) is 0 Å². The number of nitrogens with one attached hydrogen (secondary N) is 1. The predicted octanol–water partition coefficient (Wildman–Crippen LogP) is 3.27. The van der Waals surface area contributed by atoms with Crippen LogP contribution >= 0.6 is 22.6 Å². The van der Waals surface area contributed by atoms with Crippen LogP contribution in [0.15, 0.2) is 30.4 Å². The summed E-state index contributed by atoms with van der Waals surface area (Å²) in [6.07, 6.45) is 0. The molecule has 0 radical (unpaired) electrons. The lowest BCUT2D eigenvalue weighted by atomic mass is 10.0. The fraction of sp³-hybridized carbons (Fsp3) is 0.273. The molecule has 0 aromatic heterocycles. The molecular weight excluding hydrogens is 292 g/mol.